The number of carbonyl (C=O) groups is 1. The molecule has 0 saturated heterocycles. The van der Waals surface area contributed by atoms with Crippen molar-refractivity contribution in [1.29, 1.82) is 0 Å². The second kappa shape index (κ2) is 6.27. The van der Waals surface area contributed by atoms with Gasteiger partial charge in [0, 0.05) is 25.0 Å². The number of ketones is 1. The maximum atomic E-state index is 12.4. The molecule has 2 aromatic rings. The van der Waals surface area contributed by atoms with Crippen LogP contribution in [0.5, 0.6) is 0 Å². The summed E-state index contributed by atoms with van der Waals surface area (Å²) in [4.78, 5) is 16.6. The Morgan fingerprint density at radius 3 is 2.35 bits per heavy atom. The van der Waals surface area contributed by atoms with Crippen LogP contribution in [0.15, 0.2) is 41.8 Å². The Hall–Kier alpha value is -1.55. The number of carbonyl (C=O) groups excluding carboxylic acids is 1. The van der Waals surface area contributed by atoms with Gasteiger partial charge in [0.25, 0.3) is 0 Å². The van der Waals surface area contributed by atoms with Crippen molar-refractivity contribution < 1.29 is 4.79 Å². The average Bonchev–Trinajstić information content (AvgIpc) is 2.83. The Bertz CT molecular complexity index is 587. The van der Waals surface area contributed by atoms with E-state index in [1.807, 2.05) is 49.0 Å². The largest absolute Gasteiger partial charge is 0.329 e. The quantitative estimate of drug-likeness (QED) is 0.618. The summed E-state index contributed by atoms with van der Waals surface area (Å²) in [6.07, 6.45) is 3.63. The normalized spacial score (nSPS) is 12.7. The Morgan fingerprint density at radius 2 is 1.85 bits per heavy atom. The van der Waals surface area contributed by atoms with E-state index in [9.17, 15) is 4.79 Å². The van der Waals surface area contributed by atoms with Crippen LogP contribution < -0.4 is 0 Å². The summed E-state index contributed by atoms with van der Waals surface area (Å²) in [5.74, 6) is 0.631. The van der Waals surface area contributed by atoms with E-state index in [2.05, 4.69) is 18.8 Å². The fraction of sp³-hybridized carbons (Fsp3) is 0.375. The van der Waals surface area contributed by atoms with Crippen LogP contribution in [0.3, 0.4) is 0 Å². The summed E-state index contributed by atoms with van der Waals surface area (Å²) in [5.41, 5.74) is 2.02. The topological polar surface area (TPSA) is 34.9 Å². The zero-order valence-electron chi connectivity index (χ0n) is 12.3. The predicted octanol–water partition coefficient (Wildman–Crippen LogP) is 3.91. The molecule has 0 aliphatic rings. The molecule has 1 atom stereocenters. The van der Waals surface area contributed by atoms with Gasteiger partial charge in [-0.25, -0.2) is 4.98 Å². The first-order valence-electron chi connectivity index (χ1n) is 6.77. The van der Waals surface area contributed by atoms with Crippen molar-refractivity contribution in [3.63, 3.8) is 0 Å². The number of rotatable bonds is 5. The zero-order valence-corrected chi connectivity index (χ0v) is 13.1. The SMILES string of the molecule is CC(Sc1nccn1C)C(=O)c1ccc(C(C)C)cc1. The van der Waals surface area contributed by atoms with Gasteiger partial charge < -0.3 is 4.57 Å². The molecule has 0 spiro atoms. The third-order valence-corrected chi connectivity index (χ3v) is 4.46. The van der Waals surface area contributed by atoms with Crippen LogP contribution in [0.4, 0.5) is 0 Å². The summed E-state index contributed by atoms with van der Waals surface area (Å²) in [7, 11) is 1.93. The van der Waals surface area contributed by atoms with Crippen molar-refractivity contribution in [2.24, 2.45) is 7.05 Å². The van der Waals surface area contributed by atoms with Crippen molar-refractivity contribution in [2.45, 2.75) is 37.1 Å². The molecule has 0 bridgehead atoms. The van der Waals surface area contributed by atoms with Gasteiger partial charge in [-0.3, -0.25) is 4.79 Å². The van der Waals surface area contributed by atoms with Crippen LogP contribution in [0.1, 0.15) is 42.6 Å². The van der Waals surface area contributed by atoms with Crippen LogP contribution in [0.2, 0.25) is 0 Å². The lowest BCUT2D eigenvalue weighted by Gasteiger charge is -2.11. The summed E-state index contributed by atoms with van der Waals surface area (Å²) in [5, 5.41) is 0.727. The molecule has 20 heavy (non-hydrogen) atoms. The van der Waals surface area contributed by atoms with E-state index in [0.717, 1.165) is 10.7 Å². The number of hydrogen-bond acceptors (Lipinski definition) is 3. The van der Waals surface area contributed by atoms with E-state index in [-0.39, 0.29) is 11.0 Å². The van der Waals surface area contributed by atoms with Gasteiger partial charge in [0.15, 0.2) is 10.9 Å². The van der Waals surface area contributed by atoms with Crippen molar-refractivity contribution in [1.82, 2.24) is 9.55 Å². The van der Waals surface area contributed by atoms with Crippen LogP contribution in [0, 0.1) is 0 Å². The summed E-state index contributed by atoms with van der Waals surface area (Å²) in [6.45, 7) is 6.23. The summed E-state index contributed by atoms with van der Waals surface area (Å²) < 4.78 is 1.93. The number of aromatic nitrogens is 2. The number of imidazole rings is 1. The van der Waals surface area contributed by atoms with Gasteiger partial charge in [-0.05, 0) is 18.4 Å². The van der Waals surface area contributed by atoms with Gasteiger partial charge in [0.1, 0.15) is 0 Å². The average molecular weight is 288 g/mol. The number of thioether (sulfide) groups is 1. The van der Waals surface area contributed by atoms with Gasteiger partial charge in [0.05, 0.1) is 5.25 Å². The minimum absolute atomic E-state index is 0.138. The number of nitrogens with zero attached hydrogens (tertiary/aromatic N) is 2. The van der Waals surface area contributed by atoms with Crippen molar-refractivity contribution in [3.8, 4) is 0 Å². The summed E-state index contributed by atoms with van der Waals surface area (Å²) in [6, 6.07) is 7.92. The maximum Gasteiger partial charge on any atom is 0.175 e. The number of aryl methyl sites for hydroxylation is 1. The smallest absolute Gasteiger partial charge is 0.175 e. The lowest BCUT2D eigenvalue weighted by molar-refractivity contribution is 0.0994. The second-order valence-corrected chi connectivity index (χ2v) is 6.53. The first kappa shape index (κ1) is 14.9. The minimum Gasteiger partial charge on any atom is -0.329 e. The standard InChI is InChI=1S/C16H20N2OS/c1-11(2)13-5-7-14(8-6-13)15(19)12(3)20-16-17-9-10-18(16)4/h5-12H,1-4H3. The van der Waals surface area contributed by atoms with E-state index in [1.165, 1.54) is 17.3 Å². The van der Waals surface area contributed by atoms with Crippen molar-refractivity contribution in [3.05, 3.63) is 47.8 Å². The number of hydrogen-bond donors (Lipinski definition) is 0. The molecular formula is C16H20N2OS. The highest BCUT2D eigenvalue weighted by Crippen LogP contribution is 2.24. The molecule has 0 radical (unpaired) electrons. The number of Topliss-reactive ketones (excluding diaryl/α,β-unsaturated/α-hetero) is 1. The summed E-state index contributed by atoms with van der Waals surface area (Å²) >= 11 is 1.49. The van der Waals surface area contributed by atoms with Gasteiger partial charge in [-0.1, -0.05) is 49.9 Å². The Labute approximate surface area is 124 Å². The molecule has 3 nitrogen and oxygen atoms in total. The van der Waals surface area contributed by atoms with E-state index in [1.54, 1.807) is 6.20 Å². The first-order chi connectivity index (χ1) is 9.49. The molecule has 0 fully saturated rings. The molecular weight excluding hydrogens is 268 g/mol. The highest BCUT2D eigenvalue weighted by Gasteiger charge is 2.18. The lowest BCUT2D eigenvalue weighted by atomic mass is 10.00. The molecule has 1 unspecified atom stereocenters. The zero-order chi connectivity index (χ0) is 14.7. The monoisotopic (exact) mass is 288 g/mol. The Balaban J connectivity index is 2.08. The van der Waals surface area contributed by atoms with Gasteiger partial charge in [-0.15, -0.1) is 0 Å². The molecule has 1 aromatic heterocycles. The van der Waals surface area contributed by atoms with Gasteiger partial charge in [-0.2, -0.15) is 0 Å². The minimum atomic E-state index is -0.138. The third-order valence-electron chi connectivity index (χ3n) is 3.29. The van der Waals surface area contributed by atoms with Gasteiger partial charge in [0.2, 0.25) is 0 Å². The molecule has 1 aromatic carbocycles. The van der Waals surface area contributed by atoms with E-state index < -0.39 is 0 Å². The maximum absolute atomic E-state index is 12.4. The van der Waals surface area contributed by atoms with E-state index in [0.29, 0.717) is 5.92 Å². The molecule has 2 rings (SSSR count). The molecule has 0 aliphatic carbocycles. The molecule has 1 heterocycles. The van der Waals surface area contributed by atoms with E-state index >= 15 is 0 Å². The van der Waals surface area contributed by atoms with E-state index in [4.69, 9.17) is 0 Å². The van der Waals surface area contributed by atoms with Crippen LogP contribution in [-0.2, 0) is 7.05 Å². The van der Waals surface area contributed by atoms with Crippen molar-refractivity contribution >= 4 is 17.5 Å². The second-order valence-electron chi connectivity index (χ2n) is 5.22. The molecule has 0 aliphatic heterocycles. The molecule has 0 N–H and O–H groups in total. The Morgan fingerprint density at radius 1 is 1.20 bits per heavy atom. The highest BCUT2D eigenvalue weighted by atomic mass is 32.2. The predicted molar refractivity (Wildman–Crippen MR) is 83.4 cm³/mol. The number of benzene rings is 1. The highest BCUT2D eigenvalue weighted by molar-refractivity contribution is 8.00. The van der Waals surface area contributed by atoms with Crippen LogP contribution in [0.25, 0.3) is 0 Å². The fourth-order valence-electron chi connectivity index (χ4n) is 1.94. The molecule has 0 saturated carbocycles. The third kappa shape index (κ3) is 3.31. The van der Waals surface area contributed by atoms with Crippen LogP contribution >= 0.6 is 11.8 Å². The Kier molecular flexibility index (Phi) is 4.65. The first-order valence-corrected chi connectivity index (χ1v) is 7.65. The molecule has 4 heteroatoms. The van der Waals surface area contributed by atoms with Gasteiger partial charge >= 0.3 is 0 Å². The van der Waals surface area contributed by atoms with Crippen molar-refractivity contribution in [2.75, 3.05) is 0 Å². The van der Waals surface area contributed by atoms with Crippen LogP contribution in [-0.4, -0.2) is 20.6 Å². The lowest BCUT2D eigenvalue weighted by Crippen LogP contribution is -2.14. The fourth-order valence-corrected chi connectivity index (χ4v) is 2.85. The molecule has 106 valence electrons. The molecule has 0 amide bonds.